The van der Waals surface area contributed by atoms with Crippen LogP contribution in [0.15, 0.2) is 116 Å². The van der Waals surface area contributed by atoms with Crippen molar-refractivity contribution >= 4 is 22.7 Å². The summed E-state index contributed by atoms with van der Waals surface area (Å²) >= 11 is 0. The van der Waals surface area contributed by atoms with E-state index < -0.39 is 11.9 Å². The first-order chi connectivity index (χ1) is 24.5. The molecule has 4 aromatic rings. The summed E-state index contributed by atoms with van der Waals surface area (Å²) in [7, 11) is 0. The maximum absolute atomic E-state index is 12.8. The Morgan fingerprint density at radius 1 is 0.600 bits per heavy atom. The number of unbranched alkanes of at least 4 members (excludes halogenated alkanes) is 4. The normalized spacial score (nSPS) is 10.4. The summed E-state index contributed by atoms with van der Waals surface area (Å²) in [5.41, 5.74) is 2.88. The number of esters is 2. The number of benzene rings is 4. The fourth-order valence-corrected chi connectivity index (χ4v) is 4.55. The largest absolute Gasteiger partial charge is 0.494 e. The molecule has 0 radical (unpaired) electrons. The van der Waals surface area contributed by atoms with Crippen LogP contribution in [0.2, 0.25) is 0 Å². The van der Waals surface area contributed by atoms with E-state index in [4.69, 9.17) is 38.2 Å². The van der Waals surface area contributed by atoms with E-state index in [1.807, 2.05) is 48.5 Å². The van der Waals surface area contributed by atoms with Crippen molar-refractivity contribution in [3.63, 3.8) is 0 Å². The van der Waals surface area contributed by atoms with Crippen LogP contribution in [0.1, 0.15) is 48.9 Å². The first kappa shape index (κ1) is 37.1. The minimum absolute atomic E-state index is 0.0363. The van der Waals surface area contributed by atoms with Gasteiger partial charge in [0.25, 0.3) is 0 Å². The fourth-order valence-electron chi connectivity index (χ4n) is 4.55. The number of hydrogen-bond donors (Lipinski definition) is 0. The van der Waals surface area contributed by atoms with Crippen LogP contribution in [0.4, 0.5) is 0 Å². The molecule has 0 aliphatic heterocycles. The van der Waals surface area contributed by atoms with Crippen molar-refractivity contribution in [1.82, 2.24) is 0 Å². The Hall–Kier alpha value is -5.70. The average Bonchev–Trinajstić information content (AvgIpc) is 3.14. The van der Waals surface area contributed by atoms with E-state index in [2.05, 4.69) is 18.9 Å². The number of ether oxygens (including phenoxy) is 6. The first-order valence-electron chi connectivity index (χ1n) is 16.4. The van der Waals surface area contributed by atoms with E-state index >= 15 is 0 Å². The zero-order valence-corrected chi connectivity index (χ0v) is 28.0. The van der Waals surface area contributed by atoms with Crippen LogP contribution in [0, 0.1) is 0 Å². The number of fused-ring (bicyclic) bond motifs is 1. The number of rotatable bonds is 23. The van der Waals surface area contributed by atoms with E-state index in [0.717, 1.165) is 61.1 Å². The van der Waals surface area contributed by atoms with E-state index in [1.54, 1.807) is 36.4 Å². The molecule has 0 spiro atoms. The van der Waals surface area contributed by atoms with Gasteiger partial charge in [-0.25, -0.2) is 9.59 Å². The monoisotopic (exact) mass is 682 g/mol. The van der Waals surface area contributed by atoms with Crippen LogP contribution in [0.25, 0.3) is 10.8 Å². The van der Waals surface area contributed by atoms with Gasteiger partial charge in [-0.05, 0) is 122 Å². The Balaban J connectivity index is 1.13. The summed E-state index contributed by atoms with van der Waals surface area (Å²) in [4.78, 5) is 33.4. The second kappa shape index (κ2) is 21.3. The molecule has 0 heterocycles. The molecule has 0 N–H and O–H groups in total. The molecule has 0 atom stereocenters. The Morgan fingerprint density at radius 2 is 1.12 bits per heavy atom. The topological polar surface area (TPSA) is 108 Å². The van der Waals surface area contributed by atoms with E-state index in [1.165, 1.54) is 6.26 Å². The lowest BCUT2D eigenvalue weighted by Gasteiger charge is -2.11. The van der Waals surface area contributed by atoms with Crippen molar-refractivity contribution in [3.8, 4) is 28.7 Å². The van der Waals surface area contributed by atoms with Crippen molar-refractivity contribution < 1.29 is 47.8 Å². The Kier molecular flexibility index (Phi) is 15.8. The van der Waals surface area contributed by atoms with Gasteiger partial charge < -0.3 is 33.3 Å². The summed E-state index contributed by atoms with van der Waals surface area (Å²) in [5.74, 6) is 2.29. The van der Waals surface area contributed by atoms with Gasteiger partial charge >= 0.3 is 11.9 Å². The molecule has 4 rings (SSSR count). The van der Waals surface area contributed by atoms with Crippen LogP contribution < -0.4 is 23.7 Å². The molecular weight excluding hydrogens is 640 g/mol. The maximum Gasteiger partial charge on any atom is 0.343 e. The van der Waals surface area contributed by atoms with Gasteiger partial charge in [-0.3, -0.25) is 0 Å². The van der Waals surface area contributed by atoms with Gasteiger partial charge in [0.1, 0.15) is 28.7 Å². The Morgan fingerprint density at radius 3 is 1.76 bits per heavy atom. The third-order valence-corrected chi connectivity index (χ3v) is 7.17. The molecule has 262 valence electrons. The minimum Gasteiger partial charge on any atom is -0.494 e. The van der Waals surface area contributed by atoms with Gasteiger partial charge in [0.05, 0.1) is 32.0 Å². The van der Waals surface area contributed by atoms with Crippen LogP contribution in [-0.4, -0.2) is 45.2 Å². The highest BCUT2D eigenvalue weighted by Gasteiger charge is 2.10. The highest BCUT2D eigenvalue weighted by molar-refractivity contribution is 5.92. The molecule has 0 amide bonds. The number of hydrogen-bond acceptors (Lipinski definition) is 10. The first-order valence-corrected chi connectivity index (χ1v) is 16.4. The van der Waals surface area contributed by atoms with Crippen molar-refractivity contribution in [2.45, 2.75) is 38.5 Å². The van der Waals surface area contributed by atoms with Gasteiger partial charge in [0.15, 0.2) is 6.26 Å². The SMILES string of the molecule is C=C=COOCCCCCOc1ccc(OCOc2ccc3cc(OC(=O)c4ccc(OCCCCCOC(=O)C=C)cc4)ccc3c2)cc1. The predicted molar refractivity (Wildman–Crippen MR) is 189 cm³/mol. The molecule has 10 nitrogen and oxygen atoms in total. The standard InChI is InChI=1S/C40H42O10/c1-3-23-48-49-27-10-6-8-25-44-35-19-21-36(22-20-35)46-30-47-37-17-13-33-29-38(18-14-32(33)28-37)50-40(42)31-11-15-34(16-12-31)43-24-7-5-9-26-45-39(41)4-2/h4,11-23,28-29H,1-2,5-10,24-27,30H2. The van der Waals surface area contributed by atoms with E-state index in [-0.39, 0.29) is 6.79 Å². The predicted octanol–water partition coefficient (Wildman–Crippen LogP) is 8.55. The Bertz CT molecular complexity index is 1690. The lowest BCUT2D eigenvalue weighted by molar-refractivity contribution is -0.248. The van der Waals surface area contributed by atoms with Gasteiger partial charge in [-0.2, -0.15) is 4.89 Å². The molecule has 0 aliphatic carbocycles. The molecule has 4 aromatic carbocycles. The minimum atomic E-state index is -0.465. The molecule has 0 saturated heterocycles. The third kappa shape index (κ3) is 13.4. The molecule has 0 saturated carbocycles. The molecule has 50 heavy (non-hydrogen) atoms. The summed E-state index contributed by atoms with van der Waals surface area (Å²) in [6.07, 6.45) is 7.58. The summed E-state index contributed by atoms with van der Waals surface area (Å²) < 4.78 is 33.6. The van der Waals surface area contributed by atoms with Crippen LogP contribution in [0.3, 0.4) is 0 Å². The summed E-state index contributed by atoms with van der Waals surface area (Å²) in [5, 5.41) is 1.82. The third-order valence-electron chi connectivity index (χ3n) is 7.17. The number of carbonyl (C=O) groups excluding carboxylic acids is 2. The van der Waals surface area contributed by atoms with E-state index in [0.29, 0.717) is 55.0 Å². The number of carbonyl (C=O) groups is 2. The lowest BCUT2D eigenvalue weighted by Crippen LogP contribution is -2.08. The molecule has 0 aromatic heterocycles. The fraction of sp³-hybridized carbons (Fsp3) is 0.275. The zero-order chi connectivity index (χ0) is 35.2. The van der Waals surface area contributed by atoms with Gasteiger partial charge in [0.2, 0.25) is 6.79 Å². The van der Waals surface area contributed by atoms with Crippen LogP contribution in [-0.2, 0) is 19.3 Å². The molecule has 10 heteroatoms. The van der Waals surface area contributed by atoms with Crippen molar-refractivity contribution in [2.24, 2.45) is 0 Å². The van der Waals surface area contributed by atoms with Crippen molar-refractivity contribution in [2.75, 3.05) is 33.2 Å². The van der Waals surface area contributed by atoms with Crippen molar-refractivity contribution in [1.29, 1.82) is 0 Å². The zero-order valence-electron chi connectivity index (χ0n) is 28.0. The lowest BCUT2D eigenvalue weighted by atomic mass is 10.1. The summed E-state index contributed by atoms with van der Waals surface area (Å²) in [6.45, 7) is 8.78. The highest BCUT2D eigenvalue weighted by Crippen LogP contribution is 2.26. The van der Waals surface area contributed by atoms with E-state index in [9.17, 15) is 9.59 Å². The molecule has 0 unspecified atom stereocenters. The van der Waals surface area contributed by atoms with Gasteiger partial charge in [0, 0.05) is 6.08 Å². The second-order valence-corrected chi connectivity index (χ2v) is 10.9. The molecular formula is C40H42O10. The molecule has 0 bridgehead atoms. The van der Waals surface area contributed by atoms with Gasteiger partial charge in [-0.15, -0.1) is 0 Å². The van der Waals surface area contributed by atoms with Crippen LogP contribution in [0.5, 0.6) is 28.7 Å². The maximum atomic E-state index is 12.8. The average molecular weight is 683 g/mol. The smallest absolute Gasteiger partial charge is 0.343 e. The van der Waals surface area contributed by atoms with Crippen LogP contribution >= 0.6 is 0 Å². The van der Waals surface area contributed by atoms with Crippen molar-refractivity contribution in [3.05, 3.63) is 122 Å². The quantitative estimate of drug-likeness (QED) is 0.00869. The molecule has 0 aliphatic rings. The Labute approximate surface area is 292 Å². The van der Waals surface area contributed by atoms with Gasteiger partial charge in [-0.1, -0.05) is 31.0 Å². The highest BCUT2D eigenvalue weighted by atomic mass is 17.2. The second-order valence-electron chi connectivity index (χ2n) is 10.9. The summed E-state index contributed by atoms with van der Waals surface area (Å²) in [6, 6.07) is 25.3. The molecule has 0 fully saturated rings.